The standard InChI is InChI=1S/C15H14N2O/c18-17-15(14-9-11-16-12-10-14)8-4-7-13-5-2-1-3-6-13/h1-7,9-12,18H,8H2/b7-4+,17-15-. The van der Waals surface area contributed by atoms with E-state index in [4.69, 9.17) is 5.21 Å². The van der Waals surface area contributed by atoms with E-state index in [1.54, 1.807) is 12.4 Å². The van der Waals surface area contributed by atoms with Crippen LogP contribution >= 0.6 is 0 Å². The third-order valence-electron chi connectivity index (χ3n) is 2.56. The average Bonchev–Trinajstić information content (AvgIpc) is 2.46. The second-order valence-corrected chi connectivity index (χ2v) is 3.80. The van der Waals surface area contributed by atoms with E-state index in [9.17, 15) is 0 Å². The van der Waals surface area contributed by atoms with Crippen LogP contribution in [0.4, 0.5) is 0 Å². The van der Waals surface area contributed by atoms with Gasteiger partial charge in [0, 0.05) is 24.4 Å². The fourth-order valence-electron chi connectivity index (χ4n) is 1.63. The molecule has 0 aliphatic heterocycles. The summed E-state index contributed by atoms with van der Waals surface area (Å²) in [4.78, 5) is 3.94. The number of allylic oxidation sites excluding steroid dienone is 1. The maximum absolute atomic E-state index is 9.01. The molecule has 0 saturated carbocycles. The minimum atomic E-state index is 0.579. The summed E-state index contributed by atoms with van der Waals surface area (Å²) in [6, 6.07) is 13.7. The van der Waals surface area contributed by atoms with Crippen LogP contribution in [0.15, 0.2) is 66.1 Å². The summed E-state index contributed by atoms with van der Waals surface area (Å²) in [7, 11) is 0. The minimum Gasteiger partial charge on any atom is -0.411 e. The van der Waals surface area contributed by atoms with Gasteiger partial charge in [0.2, 0.25) is 0 Å². The van der Waals surface area contributed by atoms with Gasteiger partial charge >= 0.3 is 0 Å². The third kappa shape index (κ3) is 3.28. The molecule has 0 fully saturated rings. The van der Waals surface area contributed by atoms with Gasteiger partial charge in [-0.1, -0.05) is 47.6 Å². The van der Waals surface area contributed by atoms with Crippen molar-refractivity contribution in [1.82, 2.24) is 4.98 Å². The molecule has 3 heteroatoms. The number of hydrogen-bond donors (Lipinski definition) is 1. The normalized spacial score (nSPS) is 11.9. The van der Waals surface area contributed by atoms with Gasteiger partial charge in [-0.15, -0.1) is 0 Å². The second kappa shape index (κ2) is 6.35. The first-order chi connectivity index (χ1) is 8.90. The van der Waals surface area contributed by atoms with Gasteiger partial charge in [0.25, 0.3) is 0 Å². The van der Waals surface area contributed by atoms with Crippen LogP contribution in [0.3, 0.4) is 0 Å². The Morgan fingerprint density at radius 3 is 2.50 bits per heavy atom. The highest BCUT2D eigenvalue weighted by atomic mass is 16.4. The monoisotopic (exact) mass is 238 g/mol. The van der Waals surface area contributed by atoms with Crippen LogP contribution < -0.4 is 0 Å². The number of nitrogens with zero attached hydrogens (tertiary/aromatic N) is 2. The molecule has 1 aromatic carbocycles. The van der Waals surface area contributed by atoms with Gasteiger partial charge in [-0.2, -0.15) is 0 Å². The van der Waals surface area contributed by atoms with E-state index in [0.29, 0.717) is 12.1 Å². The Bertz CT molecular complexity index is 533. The number of benzene rings is 1. The molecular formula is C15H14N2O. The fourth-order valence-corrected chi connectivity index (χ4v) is 1.63. The lowest BCUT2D eigenvalue weighted by atomic mass is 10.1. The Labute approximate surface area is 106 Å². The van der Waals surface area contributed by atoms with Crippen molar-refractivity contribution < 1.29 is 5.21 Å². The topological polar surface area (TPSA) is 45.5 Å². The molecule has 0 spiro atoms. The predicted molar refractivity (Wildman–Crippen MR) is 72.7 cm³/mol. The lowest BCUT2D eigenvalue weighted by molar-refractivity contribution is 0.318. The molecule has 90 valence electrons. The van der Waals surface area contributed by atoms with Crippen LogP contribution in [-0.4, -0.2) is 15.9 Å². The van der Waals surface area contributed by atoms with Gasteiger partial charge < -0.3 is 5.21 Å². The van der Waals surface area contributed by atoms with Crippen LogP contribution in [0.1, 0.15) is 17.5 Å². The van der Waals surface area contributed by atoms with Crippen molar-refractivity contribution in [2.45, 2.75) is 6.42 Å². The summed E-state index contributed by atoms with van der Waals surface area (Å²) < 4.78 is 0. The first-order valence-corrected chi connectivity index (χ1v) is 5.73. The van der Waals surface area contributed by atoms with E-state index in [1.165, 1.54) is 0 Å². The lowest BCUT2D eigenvalue weighted by Crippen LogP contribution is -1.99. The zero-order valence-corrected chi connectivity index (χ0v) is 9.90. The van der Waals surface area contributed by atoms with Crippen molar-refractivity contribution in [2.24, 2.45) is 5.16 Å². The van der Waals surface area contributed by atoms with E-state index >= 15 is 0 Å². The summed E-state index contributed by atoms with van der Waals surface area (Å²) >= 11 is 0. The second-order valence-electron chi connectivity index (χ2n) is 3.80. The first kappa shape index (κ1) is 12.0. The summed E-state index contributed by atoms with van der Waals surface area (Å²) in [6.45, 7) is 0. The van der Waals surface area contributed by atoms with Gasteiger partial charge in [-0.05, 0) is 17.7 Å². The van der Waals surface area contributed by atoms with Crippen molar-refractivity contribution in [1.29, 1.82) is 0 Å². The highest BCUT2D eigenvalue weighted by Gasteiger charge is 2.00. The van der Waals surface area contributed by atoms with Gasteiger partial charge in [0.05, 0.1) is 5.71 Å². The Morgan fingerprint density at radius 2 is 1.83 bits per heavy atom. The highest BCUT2D eigenvalue weighted by Crippen LogP contribution is 2.06. The maximum Gasteiger partial charge on any atom is 0.0906 e. The van der Waals surface area contributed by atoms with E-state index in [2.05, 4.69) is 10.1 Å². The molecule has 0 amide bonds. The van der Waals surface area contributed by atoms with Crippen LogP contribution in [0.25, 0.3) is 6.08 Å². The average molecular weight is 238 g/mol. The summed E-state index contributed by atoms with van der Waals surface area (Å²) in [5, 5.41) is 12.3. The van der Waals surface area contributed by atoms with Gasteiger partial charge in [-0.25, -0.2) is 0 Å². The SMILES string of the molecule is O/N=C(/C/C=C/c1ccccc1)c1ccncc1. The largest absolute Gasteiger partial charge is 0.411 e. The molecule has 0 radical (unpaired) electrons. The molecule has 0 aliphatic carbocycles. The number of aromatic nitrogens is 1. The molecule has 0 aliphatic rings. The molecule has 1 heterocycles. The van der Waals surface area contributed by atoms with Gasteiger partial charge in [-0.3, -0.25) is 4.98 Å². The molecule has 1 aromatic heterocycles. The zero-order valence-electron chi connectivity index (χ0n) is 9.90. The smallest absolute Gasteiger partial charge is 0.0906 e. The van der Waals surface area contributed by atoms with Crippen molar-refractivity contribution in [3.8, 4) is 0 Å². The number of oxime groups is 1. The molecule has 1 N–H and O–H groups in total. The van der Waals surface area contributed by atoms with Crippen LogP contribution in [0, 0.1) is 0 Å². The molecule has 2 aromatic rings. The van der Waals surface area contributed by atoms with Crippen LogP contribution in [-0.2, 0) is 0 Å². The van der Waals surface area contributed by atoms with E-state index < -0.39 is 0 Å². The van der Waals surface area contributed by atoms with Crippen molar-refractivity contribution in [3.63, 3.8) is 0 Å². The highest BCUT2D eigenvalue weighted by molar-refractivity contribution is 6.01. The number of hydrogen-bond acceptors (Lipinski definition) is 3. The van der Waals surface area contributed by atoms with Gasteiger partial charge in [0.1, 0.15) is 0 Å². The minimum absolute atomic E-state index is 0.579. The van der Waals surface area contributed by atoms with E-state index in [1.807, 2.05) is 54.6 Å². The Morgan fingerprint density at radius 1 is 1.11 bits per heavy atom. The number of pyridine rings is 1. The van der Waals surface area contributed by atoms with Crippen LogP contribution in [0.5, 0.6) is 0 Å². The van der Waals surface area contributed by atoms with Crippen molar-refractivity contribution >= 4 is 11.8 Å². The molecule has 18 heavy (non-hydrogen) atoms. The first-order valence-electron chi connectivity index (χ1n) is 5.73. The third-order valence-corrected chi connectivity index (χ3v) is 2.56. The summed E-state index contributed by atoms with van der Waals surface area (Å²) in [5.41, 5.74) is 2.64. The fraction of sp³-hybridized carbons (Fsp3) is 0.0667. The Hall–Kier alpha value is -2.42. The summed E-state index contributed by atoms with van der Waals surface area (Å²) in [6.07, 6.45) is 7.93. The molecule has 0 unspecified atom stereocenters. The lowest BCUT2D eigenvalue weighted by Gasteiger charge is -2.00. The summed E-state index contributed by atoms with van der Waals surface area (Å²) in [5.74, 6) is 0. The van der Waals surface area contributed by atoms with E-state index in [0.717, 1.165) is 11.1 Å². The Balaban J connectivity index is 2.03. The maximum atomic E-state index is 9.01. The van der Waals surface area contributed by atoms with Crippen LogP contribution in [0.2, 0.25) is 0 Å². The molecule has 2 rings (SSSR count). The van der Waals surface area contributed by atoms with Crippen molar-refractivity contribution in [3.05, 3.63) is 72.1 Å². The Kier molecular flexibility index (Phi) is 4.25. The molecule has 0 atom stereocenters. The molecule has 0 saturated heterocycles. The quantitative estimate of drug-likeness (QED) is 0.504. The van der Waals surface area contributed by atoms with Gasteiger partial charge in [0.15, 0.2) is 0 Å². The molecule has 3 nitrogen and oxygen atoms in total. The van der Waals surface area contributed by atoms with Crippen molar-refractivity contribution in [2.75, 3.05) is 0 Å². The van der Waals surface area contributed by atoms with E-state index in [-0.39, 0.29) is 0 Å². The predicted octanol–water partition coefficient (Wildman–Crippen LogP) is 3.36. The zero-order chi connectivity index (χ0) is 12.6. The molecular weight excluding hydrogens is 224 g/mol. The molecule has 0 bridgehead atoms. The number of rotatable bonds is 4.